The van der Waals surface area contributed by atoms with Crippen LogP contribution in [0.4, 0.5) is 22.0 Å². The molecule has 0 amide bonds. The minimum atomic E-state index is -4.78. The van der Waals surface area contributed by atoms with Crippen LogP contribution in [0.1, 0.15) is 43.7 Å². The Kier molecular flexibility index (Phi) is 6.01. The molecule has 0 heterocycles. The van der Waals surface area contributed by atoms with E-state index in [0.29, 0.717) is 11.5 Å². The quantitative estimate of drug-likeness (QED) is 0.295. The third kappa shape index (κ3) is 4.34. The fraction of sp³-hybridized carbons (Fsp3) is 0.304. The summed E-state index contributed by atoms with van der Waals surface area (Å²) in [5.41, 5.74) is -0.0779. The van der Waals surface area contributed by atoms with Gasteiger partial charge in [0.15, 0.2) is 0 Å². The SMILES string of the molecule is CCCCCCc1ccc2c(F)c(-c3ccc(C(F)(F)F)c(F)c3)ccc2c1. The molecule has 3 aromatic rings. The van der Waals surface area contributed by atoms with E-state index in [1.165, 1.54) is 12.5 Å². The molecule has 0 fully saturated rings. The van der Waals surface area contributed by atoms with Gasteiger partial charge in [0.2, 0.25) is 0 Å². The van der Waals surface area contributed by atoms with Crippen molar-refractivity contribution in [2.24, 2.45) is 0 Å². The molecule has 0 spiro atoms. The van der Waals surface area contributed by atoms with Gasteiger partial charge in [0.05, 0.1) is 5.56 Å². The highest BCUT2D eigenvalue weighted by molar-refractivity contribution is 5.88. The summed E-state index contributed by atoms with van der Waals surface area (Å²) < 4.78 is 67.0. The molecule has 0 nitrogen and oxygen atoms in total. The van der Waals surface area contributed by atoms with Crippen LogP contribution in [0, 0.1) is 11.6 Å². The highest BCUT2D eigenvalue weighted by Crippen LogP contribution is 2.35. The van der Waals surface area contributed by atoms with E-state index >= 15 is 0 Å². The van der Waals surface area contributed by atoms with Gasteiger partial charge in [-0.15, -0.1) is 0 Å². The van der Waals surface area contributed by atoms with Crippen LogP contribution in [0.3, 0.4) is 0 Å². The lowest BCUT2D eigenvalue weighted by Gasteiger charge is -2.12. The van der Waals surface area contributed by atoms with E-state index in [1.807, 2.05) is 12.1 Å². The van der Waals surface area contributed by atoms with Crippen LogP contribution >= 0.6 is 0 Å². The van der Waals surface area contributed by atoms with E-state index < -0.39 is 23.4 Å². The molecule has 28 heavy (non-hydrogen) atoms. The van der Waals surface area contributed by atoms with Crippen molar-refractivity contribution in [2.45, 2.75) is 45.2 Å². The van der Waals surface area contributed by atoms with Crippen molar-refractivity contribution in [1.29, 1.82) is 0 Å². The molecule has 3 rings (SSSR count). The standard InChI is InChI=1S/C23H21F5/c1-2-3-4-5-6-15-7-10-18-16(13-15)8-11-19(22(18)25)17-9-12-20(21(24)14-17)23(26,27)28/h7-14H,2-6H2,1H3. The van der Waals surface area contributed by atoms with Crippen LogP contribution in [-0.4, -0.2) is 0 Å². The molecule has 0 saturated carbocycles. The Hall–Kier alpha value is -2.43. The van der Waals surface area contributed by atoms with E-state index in [-0.39, 0.29) is 11.1 Å². The third-order valence-corrected chi connectivity index (χ3v) is 4.92. The van der Waals surface area contributed by atoms with Crippen molar-refractivity contribution in [2.75, 3.05) is 0 Å². The summed E-state index contributed by atoms with van der Waals surface area (Å²) >= 11 is 0. The molecule has 0 bridgehead atoms. The lowest BCUT2D eigenvalue weighted by molar-refractivity contribution is -0.139. The van der Waals surface area contributed by atoms with E-state index in [9.17, 15) is 22.0 Å². The first kappa shape index (κ1) is 20.3. The number of benzene rings is 3. The van der Waals surface area contributed by atoms with Gasteiger partial charge in [-0.2, -0.15) is 13.2 Å². The Morgan fingerprint density at radius 3 is 2.29 bits per heavy atom. The van der Waals surface area contributed by atoms with E-state index in [2.05, 4.69) is 6.92 Å². The molecule has 0 radical (unpaired) electrons. The van der Waals surface area contributed by atoms with Crippen molar-refractivity contribution in [3.63, 3.8) is 0 Å². The zero-order chi connectivity index (χ0) is 20.3. The second kappa shape index (κ2) is 8.29. The number of hydrogen-bond donors (Lipinski definition) is 0. The number of halogens is 5. The van der Waals surface area contributed by atoms with Crippen LogP contribution in [0.15, 0.2) is 48.5 Å². The number of aryl methyl sites for hydroxylation is 1. The summed E-state index contributed by atoms with van der Waals surface area (Å²) in [6, 6.07) is 11.2. The zero-order valence-electron chi connectivity index (χ0n) is 15.5. The summed E-state index contributed by atoms with van der Waals surface area (Å²) in [4.78, 5) is 0. The highest BCUT2D eigenvalue weighted by atomic mass is 19.4. The van der Waals surface area contributed by atoms with Gasteiger partial charge in [-0.3, -0.25) is 0 Å². The van der Waals surface area contributed by atoms with E-state index in [4.69, 9.17) is 0 Å². The molecule has 0 aromatic heterocycles. The molecular formula is C23H21F5. The summed E-state index contributed by atoms with van der Waals surface area (Å²) in [5.74, 6) is -1.97. The van der Waals surface area contributed by atoms with Crippen molar-refractivity contribution in [3.8, 4) is 11.1 Å². The Labute approximate surface area is 161 Å². The predicted molar refractivity (Wildman–Crippen MR) is 102 cm³/mol. The summed E-state index contributed by atoms with van der Waals surface area (Å²) in [6.45, 7) is 2.15. The van der Waals surface area contributed by atoms with Crippen molar-refractivity contribution < 1.29 is 22.0 Å². The number of rotatable bonds is 6. The normalized spacial score (nSPS) is 11.9. The smallest absolute Gasteiger partial charge is 0.206 e. The minimum Gasteiger partial charge on any atom is -0.206 e. The topological polar surface area (TPSA) is 0 Å². The third-order valence-electron chi connectivity index (χ3n) is 4.92. The molecular weight excluding hydrogens is 371 g/mol. The van der Waals surface area contributed by atoms with Gasteiger partial charge >= 0.3 is 6.18 Å². The molecule has 0 N–H and O–H groups in total. The molecule has 0 aliphatic rings. The number of unbranched alkanes of at least 4 members (excludes halogenated alkanes) is 3. The zero-order valence-corrected chi connectivity index (χ0v) is 15.5. The van der Waals surface area contributed by atoms with Crippen LogP contribution in [0.25, 0.3) is 21.9 Å². The Morgan fingerprint density at radius 2 is 1.61 bits per heavy atom. The monoisotopic (exact) mass is 392 g/mol. The first-order valence-electron chi connectivity index (χ1n) is 9.39. The van der Waals surface area contributed by atoms with E-state index in [0.717, 1.165) is 48.8 Å². The molecule has 0 atom stereocenters. The summed E-state index contributed by atoms with van der Waals surface area (Å²) in [7, 11) is 0. The molecule has 3 aromatic carbocycles. The molecule has 0 unspecified atom stereocenters. The van der Waals surface area contributed by atoms with Gasteiger partial charge in [-0.25, -0.2) is 8.78 Å². The summed E-state index contributed by atoms with van der Waals surface area (Å²) in [5, 5.41) is 1.09. The average molecular weight is 392 g/mol. The largest absolute Gasteiger partial charge is 0.419 e. The molecule has 0 saturated heterocycles. The predicted octanol–water partition coefficient (Wildman–Crippen LogP) is 7.93. The minimum absolute atomic E-state index is 0.0774. The van der Waals surface area contributed by atoms with Gasteiger partial charge < -0.3 is 0 Å². The number of alkyl halides is 3. The maximum Gasteiger partial charge on any atom is 0.419 e. The van der Waals surface area contributed by atoms with Crippen LogP contribution in [0.2, 0.25) is 0 Å². The Bertz CT molecular complexity index is 973. The molecule has 0 aliphatic carbocycles. The fourth-order valence-electron chi connectivity index (χ4n) is 3.39. The van der Waals surface area contributed by atoms with Crippen molar-refractivity contribution in [1.82, 2.24) is 0 Å². The number of fused-ring (bicyclic) bond motifs is 1. The van der Waals surface area contributed by atoms with Gasteiger partial charge in [0.1, 0.15) is 11.6 Å². The Balaban J connectivity index is 1.91. The maximum atomic E-state index is 15.0. The first-order valence-corrected chi connectivity index (χ1v) is 9.39. The van der Waals surface area contributed by atoms with Gasteiger partial charge in [-0.1, -0.05) is 62.6 Å². The second-order valence-electron chi connectivity index (χ2n) is 6.99. The first-order chi connectivity index (χ1) is 13.3. The van der Waals surface area contributed by atoms with Gasteiger partial charge in [0.25, 0.3) is 0 Å². The van der Waals surface area contributed by atoms with Crippen molar-refractivity contribution in [3.05, 3.63) is 71.3 Å². The number of hydrogen-bond acceptors (Lipinski definition) is 0. The summed E-state index contributed by atoms with van der Waals surface area (Å²) in [6.07, 6.45) is 0.721. The second-order valence-corrected chi connectivity index (χ2v) is 6.99. The van der Waals surface area contributed by atoms with Crippen LogP contribution < -0.4 is 0 Å². The highest BCUT2D eigenvalue weighted by Gasteiger charge is 2.34. The Morgan fingerprint density at radius 1 is 0.821 bits per heavy atom. The van der Waals surface area contributed by atoms with Gasteiger partial charge in [-0.05, 0) is 41.5 Å². The van der Waals surface area contributed by atoms with Crippen LogP contribution in [0.5, 0.6) is 0 Å². The van der Waals surface area contributed by atoms with Crippen LogP contribution in [-0.2, 0) is 12.6 Å². The average Bonchev–Trinajstić information content (AvgIpc) is 2.64. The molecule has 148 valence electrons. The fourth-order valence-corrected chi connectivity index (χ4v) is 3.39. The molecule has 0 aliphatic heterocycles. The van der Waals surface area contributed by atoms with E-state index in [1.54, 1.807) is 12.1 Å². The van der Waals surface area contributed by atoms with Gasteiger partial charge in [0, 0.05) is 10.9 Å². The van der Waals surface area contributed by atoms with Crippen molar-refractivity contribution >= 4 is 10.8 Å². The maximum absolute atomic E-state index is 15.0. The lowest BCUT2D eigenvalue weighted by Crippen LogP contribution is -2.07. The lowest BCUT2D eigenvalue weighted by atomic mass is 9.97. The molecule has 5 heteroatoms.